The van der Waals surface area contributed by atoms with Crippen molar-refractivity contribution in [3.05, 3.63) is 42.7 Å². The van der Waals surface area contributed by atoms with Crippen molar-refractivity contribution in [2.24, 2.45) is 0 Å². The van der Waals surface area contributed by atoms with Crippen LogP contribution in [-0.2, 0) is 6.54 Å². The minimum atomic E-state index is 0.827. The van der Waals surface area contributed by atoms with Gasteiger partial charge in [-0.2, -0.15) is 0 Å². The van der Waals surface area contributed by atoms with Crippen molar-refractivity contribution in [1.29, 1.82) is 0 Å². The van der Waals surface area contributed by atoms with Gasteiger partial charge in [0, 0.05) is 23.7 Å². The average Bonchev–Trinajstić information content (AvgIpc) is 2.87. The number of fused-ring (bicyclic) bond motifs is 1. The molecule has 4 heteroatoms. The zero-order chi connectivity index (χ0) is 11.7. The minimum Gasteiger partial charge on any atom is -0.256 e. The Morgan fingerprint density at radius 1 is 1.24 bits per heavy atom. The third-order valence-corrected chi connectivity index (χ3v) is 2.75. The number of hydrogen-bond acceptors (Lipinski definition) is 3. The first-order valence-electron chi connectivity index (χ1n) is 5.62. The van der Waals surface area contributed by atoms with Crippen LogP contribution in [0.5, 0.6) is 0 Å². The minimum absolute atomic E-state index is 0.827. The molecule has 0 aliphatic heterocycles. The molecular weight excluding hydrogens is 212 g/mol. The van der Waals surface area contributed by atoms with Crippen LogP contribution in [0, 0.1) is 0 Å². The van der Waals surface area contributed by atoms with Gasteiger partial charge in [-0.25, -0.2) is 0 Å². The van der Waals surface area contributed by atoms with E-state index in [1.807, 2.05) is 42.2 Å². The lowest BCUT2D eigenvalue weighted by Gasteiger charge is -1.99. The normalized spacial score (nSPS) is 10.9. The van der Waals surface area contributed by atoms with Crippen LogP contribution in [0.3, 0.4) is 0 Å². The second-order valence-corrected chi connectivity index (χ2v) is 3.88. The quantitative estimate of drug-likeness (QED) is 0.671. The predicted octanol–water partition coefficient (Wildman–Crippen LogP) is 2.51. The van der Waals surface area contributed by atoms with Crippen LogP contribution in [0.15, 0.2) is 42.7 Å². The van der Waals surface area contributed by atoms with Crippen LogP contribution in [0.2, 0.25) is 0 Å². The number of pyridine rings is 1. The van der Waals surface area contributed by atoms with E-state index in [0.717, 1.165) is 28.7 Å². The van der Waals surface area contributed by atoms with Crippen LogP contribution in [-0.4, -0.2) is 20.0 Å². The lowest BCUT2D eigenvalue weighted by atomic mass is 10.1. The van der Waals surface area contributed by atoms with Crippen LogP contribution in [0.25, 0.3) is 22.2 Å². The van der Waals surface area contributed by atoms with Gasteiger partial charge in [-0.05, 0) is 19.1 Å². The summed E-state index contributed by atoms with van der Waals surface area (Å²) >= 11 is 0. The van der Waals surface area contributed by atoms with E-state index in [2.05, 4.69) is 27.4 Å². The van der Waals surface area contributed by atoms with Crippen molar-refractivity contribution >= 4 is 10.9 Å². The van der Waals surface area contributed by atoms with Crippen LogP contribution in [0.4, 0.5) is 0 Å². The summed E-state index contributed by atoms with van der Waals surface area (Å²) in [7, 11) is 0. The van der Waals surface area contributed by atoms with Gasteiger partial charge in [-0.1, -0.05) is 23.4 Å². The third-order valence-electron chi connectivity index (χ3n) is 2.75. The predicted molar refractivity (Wildman–Crippen MR) is 66.4 cm³/mol. The molecule has 0 aliphatic carbocycles. The molecule has 0 atom stereocenters. The van der Waals surface area contributed by atoms with Crippen molar-refractivity contribution in [2.75, 3.05) is 0 Å². The highest BCUT2D eigenvalue weighted by molar-refractivity contribution is 5.82. The van der Waals surface area contributed by atoms with E-state index >= 15 is 0 Å². The molecule has 0 radical (unpaired) electrons. The summed E-state index contributed by atoms with van der Waals surface area (Å²) in [5.74, 6) is 0. The first-order valence-corrected chi connectivity index (χ1v) is 5.62. The molecule has 0 aliphatic rings. The van der Waals surface area contributed by atoms with Crippen LogP contribution >= 0.6 is 0 Å². The highest BCUT2D eigenvalue weighted by Gasteiger charge is 2.04. The second-order valence-electron chi connectivity index (χ2n) is 3.88. The van der Waals surface area contributed by atoms with Crippen LogP contribution in [0.1, 0.15) is 6.92 Å². The highest BCUT2D eigenvalue weighted by Crippen LogP contribution is 2.20. The van der Waals surface area contributed by atoms with E-state index in [-0.39, 0.29) is 0 Å². The zero-order valence-corrected chi connectivity index (χ0v) is 9.54. The monoisotopic (exact) mass is 224 g/mol. The maximum absolute atomic E-state index is 4.42. The summed E-state index contributed by atoms with van der Waals surface area (Å²) in [6, 6.07) is 10.1. The molecule has 0 bridgehead atoms. The number of aryl methyl sites for hydroxylation is 1. The Morgan fingerprint density at radius 2 is 2.12 bits per heavy atom. The van der Waals surface area contributed by atoms with Crippen molar-refractivity contribution < 1.29 is 0 Å². The molecule has 1 aromatic carbocycles. The van der Waals surface area contributed by atoms with Gasteiger partial charge < -0.3 is 0 Å². The van der Waals surface area contributed by atoms with Gasteiger partial charge in [-0.3, -0.25) is 9.67 Å². The average molecular weight is 224 g/mol. The summed E-state index contributed by atoms with van der Waals surface area (Å²) in [6.07, 6.45) is 3.78. The standard InChI is InChI=1S/C13H12N4/c1-2-17-9-13(15-16-17)11-7-10-5-3-4-6-12(10)14-8-11/h3-9H,2H2,1H3. The Bertz CT molecular complexity index is 657. The molecule has 4 nitrogen and oxygen atoms in total. The van der Waals surface area contributed by atoms with Crippen molar-refractivity contribution in [3.63, 3.8) is 0 Å². The maximum atomic E-state index is 4.42. The molecule has 0 spiro atoms. The third kappa shape index (κ3) is 1.78. The lowest BCUT2D eigenvalue weighted by Crippen LogP contribution is -1.93. The number of rotatable bonds is 2. The van der Waals surface area contributed by atoms with E-state index in [0.29, 0.717) is 0 Å². The molecule has 0 unspecified atom stereocenters. The van der Waals surface area contributed by atoms with Gasteiger partial charge in [0.1, 0.15) is 5.69 Å². The van der Waals surface area contributed by atoms with Gasteiger partial charge in [0.2, 0.25) is 0 Å². The Kier molecular flexibility index (Phi) is 2.33. The van der Waals surface area contributed by atoms with Gasteiger partial charge in [-0.15, -0.1) is 5.10 Å². The summed E-state index contributed by atoms with van der Waals surface area (Å²) < 4.78 is 1.81. The fourth-order valence-electron chi connectivity index (χ4n) is 1.80. The summed E-state index contributed by atoms with van der Waals surface area (Å²) in [6.45, 7) is 2.87. The topological polar surface area (TPSA) is 43.6 Å². The van der Waals surface area contributed by atoms with Crippen LogP contribution < -0.4 is 0 Å². The molecule has 0 saturated carbocycles. The summed E-state index contributed by atoms with van der Waals surface area (Å²) in [5.41, 5.74) is 2.87. The SMILES string of the molecule is CCn1cc(-c2cnc3ccccc3c2)nn1. The number of para-hydroxylation sites is 1. The molecule has 0 fully saturated rings. The Hall–Kier alpha value is -2.23. The highest BCUT2D eigenvalue weighted by atomic mass is 15.4. The van der Waals surface area contributed by atoms with Crippen molar-refractivity contribution in [3.8, 4) is 11.3 Å². The largest absolute Gasteiger partial charge is 0.256 e. The smallest absolute Gasteiger partial charge is 0.114 e. The Morgan fingerprint density at radius 3 is 2.94 bits per heavy atom. The van der Waals surface area contributed by atoms with Gasteiger partial charge in [0.05, 0.1) is 11.7 Å². The summed E-state index contributed by atoms with van der Waals surface area (Å²) in [4.78, 5) is 4.42. The van der Waals surface area contributed by atoms with Gasteiger partial charge in [0.15, 0.2) is 0 Å². The molecule has 3 rings (SSSR count). The fourth-order valence-corrected chi connectivity index (χ4v) is 1.80. The van der Waals surface area contributed by atoms with E-state index in [9.17, 15) is 0 Å². The number of nitrogens with zero attached hydrogens (tertiary/aromatic N) is 4. The first kappa shape index (κ1) is 9.96. The second kappa shape index (κ2) is 3.97. The molecule has 0 saturated heterocycles. The molecule has 2 heterocycles. The van der Waals surface area contributed by atoms with E-state index in [1.165, 1.54) is 0 Å². The molecule has 0 amide bonds. The molecular formula is C13H12N4. The number of aromatic nitrogens is 4. The van der Waals surface area contributed by atoms with E-state index in [1.54, 1.807) is 0 Å². The summed E-state index contributed by atoms with van der Waals surface area (Å²) in [5, 5.41) is 9.29. The molecule has 17 heavy (non-hydrogen) atoms. The Labute approximate surface area is 98.9 Å². The molecule has 84 valence electrons. The lowest BCUT2D eigenvalue weighted by molar-refractivity contribution is 0.627. The first-order chi connectivity index (χ1) is 8.36. The molecule has 0 N–H and O–H groups in total. The Balaban J connectivity index is 2.11. The van der Waals surface area contributed by atoms with Gasteiger partial charge in [0.25, 0.3) is 0 Å². The molecule has 3 aromatic rings. The van der Waals surface area contributed by atoms with Crippen molar-refractivity contribution in [2.45, 2.75) is 13.5 Å². The van der Waals surface area contributed by atoms with E-state index < -0.39 is 0 Å². The zero-order valence-electron chi connectivity index (χ0n) is 9.54. The number of benzene rings is 1. The van der Waals surface area contributed by atoms with Crippen molar-refractivity contribution in [1.82, 2.24) is 20.0 Å². The van der Waals surface area contributed by atoms with E-state index in [4.69, 9.17) is 0 Å². The maximum Gasteiger partial charge on any atom is 0.114 e. The number of hydrogen-bond donors (Lipinski definition) is 0. The fraction of sp³-hybridized carbons (Fsp3) is 0.154. The van der Waals surface area contributed by atoms with Gasteiger partial charge >= 0.3 is 0 Å². The molecule has 2 aromatic heterocycles.